The molecule has 0 bridgehead atoms. The van der Waals surface area contributed by atoms with E-state index in [1.807, 2.05) is 36.4 Å². The Balaban J connectivity index is 1.43. The summed E-state index contributed by atoms with van der Waals surface area (Å²) >= 11 is 6.64. The summed E-state index contributed by atoms with van der Waals surface area (Å²) in [5, 5.41) is 10.7. The number of hydrogen-bond donors (Lipinski definition) is 2. The van der Waals surface area contributed by atoms with E-state index in [4.69, 9.17) is 16.3 Å². The number of pyridine rings is 1. The van der Waals surface area contributed by atoms with Crippen molar-refractivity contribution in [2.45, 2.75) is 50.5 Å². The van der Waals surface area contributed by atoms with Crippen molar-refractivity contribution < 1.29 is 14.3 Å². The zero-order valence-corrected chi connectivity index (χ0v) is 21.9. The molecule has 2 amide bonds. The van der Waals surface area contributed by atoms with Gasteiger partial charge in [-0.25, -0.2) is 0 Å². The number of hydrogen-bond acceptors (Lipinski definition) is 5. The summed E-state index contributed by atoms with van der Waals surface area (Å²) in [6, 6.07) is 12.2. The number of carbonyl (C=O) groups excluding carboxylic acids is 2. The Morgan fingerprint density at radius 3 is 2.51 bits per heavy atom. The number of ether oxygens (including phenoxy) is 1. The summed E-state index contributed by atoms with van der Waals surface area (Å²) in [4.78, 5) is 31.7. The van der Waals surface area contributed by atoms with Crippen LogP contribution in [0, 0.1) is 5.41 Å². The van der Waals surface area contributed by atoms with E-state index >= 15 is 0 Å². The minimum absolute atomic E-state index is 0.169. The van der Waals surface area contributed by atoms with Crippen LogP contribution in [0.1, 0.15) is 66.2 Å². The van der Waals surface area contributed by atoms with Gasteiger partial charge in [0.15, 0.2) is 0 Å². The van der Waals surface area contributed by atoms with E-state index in [1.165, 1.54) is 4.68 Å². The highest BCUT2D eigenvalue weighted by Gasteiger charge is 2.51. The van der Waals surface area contributed by atoms with E-state index in [-0.39, 0.29) is 23.1 Å². The number of anilines is 1. The molecule has 2 N–H and O–H groups in total. The second kappa shape index (κ2) is 10.6. The molecule has 5 rings (SSSR count). The Morgan fingerprint density at radius 2 is 1.89 bits per heavy atom. The second-order valence-corrected chi connectivity index (χ2v) is 10.7. The van der Waals surface area contributed by atoms with Crippen molar-refractivity contribution in [1.29, 1.82) is 0 Å². The van der Waals surface area contributed by atoms with Crippen LogP contribution in [0.4, 0.5) is 5.69 Å². The van der Waals surface area contributed by atoms with Gasteiger partial charge in [-0.05, 0) is 60.9 Å². The smallest absolute Gasteiger partial charge is 0.270 e. The van der Waals surface area contributed by atoms with Crippen LogP contribution in [-0.2, 0) is 16.6 Å². The molecule has 3 aromatic rings. The summed E-state index contributed by atoms with van der Waals surface area (Å²) in [6.07, 6.45) is 7.01. The van der Waals surface area contributed by atoms with E-state index < -0.39 is 6.04 Å². The SMILES string of the molecule is Cn1nccc1C(=O)N[C@H](C(=O)Nc1ccc(C2CCOCC2)nc1)[C@H](c1ccccc1Cl)C1(C)CC1. The first kappa shape index (κ1) is 25.4. The molecule has 3 heterocycles. The molecular formula is C28H32ClN5O3. The van der Waals surface area contributed by atoms with Gasteiger partial charge in [0.25, 0.3) is 5.91 Å². The molecule has 37 heavy (non-hydrogen) atoms. The molecule has 2 fully saturated rings. The fourth-order valence-corrected chi connectivity index (χ4v) is 5.49. The number of aromatic nitrogens is 3. The highest BCUT2D eigenvalue weighted by molar-refractivity contribution is 6.31. The summed E-state index contributed by atoms with van der Waals surface area (Å²) in [5.74, 6) is -0.625. The molecule has 0 spiro atoms. The van der Waals surface area contributed by atoms with Gasteiger partial charge in [0.05, 0.1) is 11.9 Å². The minimum atomic E-state index is -0.857. The standard InChI is InChI=1S/C28H32ClN5O3/c1-28(12-13-28)24(20-5-3-4-6-21(20)29)25(33-26(35)23-9-14-31-34(23)2)27(36)32-19-7-8-22(30-17-19)18-10-15-37-16-11-18/h3-9,14,17-18,24-25H,10-13,15-16H2,1-2H3,(H,32,36)(H,33,35)/t24-,25-/m0/s1. The van der Waals surface area contributed by atoms with Gasteiger partial charge in [-0.2, -0.15) is 5.10 Å². The molecule has 9 heteroatoms. The first-order valence-corrected chi connectivity index (χ1v) is 13.1. The molecule has 0 unspecified atom stereocenters. The lowest BCUT2D eigenvalue weighted by atomic mass is 9.78. The first-order valence-electron chi connectivity index (χ1n) is 12.7. The van der Waals surface area contributed by atoms with Crippen molar-refractivity contribution in [3.63, 3.8) is 0 Å². The Morgan fingerprint density at radius 1 is 1.14 bits per heavy atom. The van der Waals surface area contributed by atoms with Crippen LogP contribution in [0.2, 0.25) is 5.02 Å². The molecule has 194 valence electrons. The van der Waals surface area contributed by atoms with E-state index in [9.17, 15) is 9.59 Å². The summed E-state index contributed by atoms with van der Waals surface area (Å²) in [5.41, 5.74) is 2.64. The lowest BCUT2D eigenvalue weighted by molar-refractivity contribution is -0.119. The molecule has 1 saturated heterocycles. The van der Waals surface area contributed by atoms with Gasteiger partial charge >= 0.3 is 0 Å². The average molecular weight is 522 g/mol. The lowest BCUT2D eigenvalue weighted by Crippen LogP contribution is -2.50. The van der Waals surface area contributed by atoms with Crippen molar-refractivity contribution in [1.82, 2.24) is 20.1 Å². The monoisotopic (exact) mass is 521 g/mol. The number of rotatable bonds is 8. The number of aryl methyl sites for hydroxylation is 1. The third kappa shape index (κ3) is 5.55. The first-order chi connectivity index (χ1) is 17.9. The van der Waals surface area contributed by atoms with E-state index in [0.717, 1.165) is 50.2 Å². The predicted molar refractivity (Wildman–Crippen MR) is 142 cm³/mol. The van der Waals surface area contributed by atoms with Crippen molar-refractivity contribution in [2.75, 3.05) is 18.5 Å². The van der Waals surface area contributed by atoms with Gasteiger partial charge in [0.1, 0.15) is 11.7 Å². The number of nitrogens with one attached hydrogen (secondary N) is 2. The van der Waals surface area contributed by atoms with Crippen LogP contribution in [0.5, 0.6) is 0 Å². The van der Waals surface area contributed by atoms with E-state index in [1.54, 1.807) is 25.5 Å². The lowest BCUT2D eigenvalue weighted by Gasteiger charge is -2.33. The Hall–Kier alpha value is -3.23. The number of nitrogens with zero attached hydrogens (tertiary/aromatic N) is 3. The maximum Gasteiger partial charge on any atom is 0.270 e. The minimum Gasteiger partial charge on any atom is -0.381 e. The number of halogens is 1. The normalized spacial score (nSPS) is 18.6. The fraction of sp³-hybridized carbons (Fsp3) is 0.429. The molecule has 1 aromatic carbocycles. The quantitative estimate of drug-likeness (QED) is 0.448. The predicted octanol–water partition coefficient (Wildman–Crippen LogP) is 4.68. The van der Waals surface area contributed by atoms with Crippen LogP contribution < -0.4 is 10.6 Å². The Kier molecular flexibility index (Phi) is 7.31. The maximum absolute atomic E-state index is 13.9. The summed E-state index contributed by atoms with van der Waals surface area (Å²) in [7, 11) is 1.70. The van der Waals surface area contributed by atoms with Crippen LogP contribution >= 0.6 is 11.6 Å². The average Bonchev–Trinajstić information content (AvgIpc) is 3.50. The molecule has 1 aliphatic carbocycles. The summed E-state index contributed by atoms with van der Waals surface area (Å²) in [6.45, 7) is 3.62. The van der Waals surface area contributed by atoms with E-state index in [0.29, 0.717) is 22.3 Å². The van der Waals surface area contributed by atoms with Crippen molar-refractivity contribution in [3.8, 4) is 0 Å². The van der Waals surface area contributed by atoms with Crippen molar-refractivity contribution in [2.24, 2.45) is 12.5 Å². The van der Waals surface area contributed by atoms with Gasteiger partial charge in [0.2, 0.25) is 5.91 Å². The highest BCUT2D eigenvalue weighted by Crippen LogP contribution is 2.58. The van der Waals surface area contributed by atoms with Crippen molar-refractivity contribution >= 4 is 29.1 Å². The second-order valence-electron chi connectivity index (χ2n) is 10.3. The molecule has 1 aliphatic heterocycles. The number of carbonyl (C=O) groups is 2. The molecule has 2 aromatic heterocycles. The fourth-order valence-electron chi connectivity index (χ4n) is 5.24. The third-order valence-electron chi connectivity index (χ3n) is 7.68. The Labute approximate surface area is 221 Å². The van der Waals surface area contributed by atoms with Crippen LogP contribution in [0.3, 0.4) is 0 Å². The largest absolute Gasteiger partial charge is 0.381 e. The number of benzene rings is 1. The van der Waals surface area contributed by atoms with Gasteiger partial charge in [-0.3, -0.25) is 19.3 Å². The molecule has 2 atom stereocenters. The van der Waals surface area contributed by atoms with Gasteiger partial charge in [0, 0.05) is 49.0 Å². The van der Waals surface area contributed by atoms with E-state index in [2.05, 4.69) is 27.6 Å². The van der Waals surface area contributed by atoms with Crippen LogP contribution in [-0.4, -0.2) is 45.8 Å². The molecule has 8 nitrogen and oxygen atoms in total. The molecule has 2 aliphatic rings. The highest BCUT2D eigenvalue weighted by atomic mass is 35.5. The Bertz CT molecular complexity index is 1260. The molecular weight excluding hydrogens is 490 g/mol. The van der Waals surface area contributed by atoms with Gasteiger partial charge in [-0.1, -0.05) is 36.7 Å². The zero-order chi connectivity index (χ0) is 26.0. The third-order valence-corrected chi connectivity index (χ3v) is 8.02. The molecule has 1 saturated carbocycles. The topological polar surface area (TPSA) is 98.1 Å². The van der Waals surface area contributed by atoms with Gasteiger partial charge < -0.3 is 15.4 Å². The van der Waals surface area contributed by atoms with Crippen LogP contribution in [0.25, 0.3) is 0 Å². The summed E-state index contributed by atoms with van der Waals surface area (Å²) < 4.78 is 6.95. The zero-order valence-electron chi connectivity index (χ0n) is 21.1. The van der Waals surface area contributed by atoms with Crippen molar-refractivity contribution in [3.05, 3.63) is 76.8 Å². The van der Waals surface area contributed by atoms with Crippen LogP contribution in [0.15, 0.2) is 54.9 Å². The maximum atomic E-state index is 13.9. The number of amides is 2. The van der Waals surface area contributed by atoms with Gasteiger partial charge in [-0.15, -0.1) is 0 Å². The molecule has 0 radical (unpaired) electrons.